The van der Waals surface area contributed by atoms with Crippen LogP contribution in [0, 0.1) is 5.92 Å². The van der Waals surface area contributed by atoms with Crippen LogP contribution >= 0.6 is 0 Å². The van der Waals surface area contributed by atoms with E-state index < -0.39 is 18.1 Å². The molecule has 6 heteroatoms. The van der Waals surface area contributed by atoms with Gasteiger partial charge in [0.15, 0.2) is 0 Å². The molecular weight excluding hydrogens is 306 g/mol. The lowest BCUT2D eigenvalue weighted by molar-refractivity contribution is -0.140. The van der Waals surface area contributed by atoms with Crippen LogP contribution in [-0.4, -0.2) is 51.9 Å². The molecule has 128 valence electrons. The Morgan fingerprint density at radius 1 is 1.46 bits per heavy atom. The van der Waals surface area contributed by atoms with Crippen molar-refractivity contribution in [2.24, 2.45) is 11.7 Å². The fourth-order valence-electron chi connectivity index (χ4n) is 3.61. The van der Waals surface area contributed by atoms with Crippen LogP contribution in [0.5, 0.6) is 0 Å². The third-order valence-electron chi connectivity index (χ3n) is 4.59. The highest BCUT2D eigenvalue weighted by molar-refractivity contribution is 5.99. The summed E-state index contributed by atoms with van der Waals surface area (Å²) in [6.45, 7) is 2.08. The van der Waals surface area contributed by atoms with E-state index in [0.29, 0.717) is 12.6 Å². The highest BCUT2D eigenvalue weighted by Gasteiger charge is 2.35. The van der Waals surface area contributed by atoms with Gasteiger partial charge in [-0.1, -0.05) is 18.2 Å². The summed E-state index contributed by atoms with van der Waals surface area (Å²) in [5.41, 5.74) is 9.49. The number of carboxylic acid groups (broad SMARTS) is 1. The molecule has 0 bridgehead atoms. The van der Waals surface area contributed by atoms with Crippen molar-refractivity contribution < 1.29 is 15.0 Å². The molecule has 1 aliphatic heterocycles. The van der Waals surface area contributed by atoms with Crippen LogP contribution < -0.4 is 5.73 Å². The van der Waals surface area contributed by atoms with Crippen LogP contribution in [0.15, 0.2) is 30.5 Å². The number of nitrogens with two attached hydrogens (primary N) is 1. The van der Waals surface area contributed by atoms with E-state index >= 15 is 0 Å². The minimum Gasteiger partial charge on any atom is -0.481 e. The van der Waals surface area contributed by atoms with Crippen molar-refractivity contribution in [1.29, 1.82) is 0 Å². The second kappa shape index (κ2) is 6.39. The van der Waals surface area contributed by atoms with E-state index in [4.69, 9.17) is 5.11 Å². The summed E-state index contributed by atoms with van der Waals surface area (Å²) in [6, 6.07) is 6.51. The largest absolute Gasteiger partial charge is 0.481 e. The van der Waals surface area contributed by atoms with Gasteiger partial charge in [-0.3, -0.25) is 9.69 Å². The molecule has 2 aliphatic rings. The topological polar surface area (TPSA) is 103 Å². The molecule has 2 heterocycles. The van der Waals surface area contributed by atoms with Crippen molar-refractivity contribution in [3.63, 3.8) is 0 Å². The van der Waals surface area contributed by atoms with Gasteiger partial charge in [-0.25, -0.2) is 0 Å². The predicted molar refractivity (Wildman–Crippen MR) is 93.4 cm³/mol. The molecule has 0 spiro atoms. The minimum atomic E-state index is -0.741. The summed E-state index contributed by atoms with van der Waals surface area (Å²) in [6.07, 6.45) is 4.32. The Kier molecular flexibility index (Phi) is 4.45. The summed E-state index contributed by atoms with van der Waals surface area (Å²) >= 11 is 0. The maximum absolute atomic E-state index is 11.3. The first-order valence-corrected chi connectivity index (χ1v) is 8.06. The molecular formula is C18H23N3O3. The smallest absolute Gasteiger partial charge is 0.311 e. The van der Waals surface area contributed by atoms with Gasteiger partial charge in [0.25, 0.3) is 0 Å². The summed E-state index contributed by atoms with van der Waals surface area (Å²) in [7, 11) is 2.02. The van der Waals surface area contributed by atoms with Gasteiger partial charge in [-0.2, -0.15) is 0 Å². The van der Waals surface area contributed by atoms with Gasteiger partial charge in [-0.05, 0) is 43.2 Å². The lowest BCUT2D eigenvalue weighted by atomic mass is 9.80. The molecule has 4 rings (SSSR count). The quantitative estimate of drug-likeness (QED) is 0.592. The highest BCUT2D eigenvalue weighted by atomic mass is 16.4. The number of fused-ring (bicyclic) bond motifs is 2. The van der Waals surface area contributed by atoms with Crippen molar-refractivity contribution in [3.05, 3.63) is 41.6 Å². The van der Waals surface area contributed by atoms with Crippen molar-refractivity contribution in [2.75, 3.05) is 13.6 Å². The van der Waals surface area contributed by atoms with Crippen molar-refractivity contribution in [2.45, 2.75) is 25.6 Å². The molecule has 2 aromatic rings. The Hall–Kier alpha value is -2.15. The standard InChI is InChI=1S/C16H16N2O2.C2H7NO/c1-18-8-10(16(19)20)5-12-11-3-2-4-13-15(11)9(7-17-13)6-14(12)18;1-2(3)4/h2-5,7,10,14,17H,6,8H2,1H3,(H,19,20);2,4H,3H2,1H3/t10-,14+;/m0./s1. The molecule has 1 aromatic heterocycles. The zero-order valence-corrected chi connectivity index (χ0v) is 13.9. The minimum absolute atomic E-state index is 0.291. The Morgan fingerprint density at radius 2 is 2.17 bits per heavy atom. The van der Waals surface area contributed by atoms with Crippen molar-refractivity contribution >= 4 is 22.4 Å². The van der Waals surface area contributed by atoms with E-state index in [1.54, 1.807) is 0 Å². The van der Waals surface area contributed by atoms with E-state index in [1.165, 1.54) is 29.0 Å². The molecule has 0 amide bonds. The number of carbonyl (C=O) groups is 1. The lowest BCUT2D eigenvalue weighted by Crippen LogP contribution is -2.44. The fraction of sp³-hybridized carbons (Fsp3) is 0.389. The van der Waals surface area contributed by atoms with Crippen LogP contribution in [0.25, 0.3) is 16.5 Å². The number of rotatable bonds is 1. The fourth-order valence-corrected chi connectivity index (χ4v) is 3.61. The number of likely N-dealkylation sites (N-methyl/N-ethyl adjacent to an activating group) is 1. The number of nitrogens with one attached hydrogen (secondary N) is 1. The van der Waals surface area contributed by atoms with Gasteiger partial charge in [0.1, 0.15) is 0 Å². The van der Waals surface area contributed by atoms with Crippen LogP contribution in [0.3, 0.4) is 0 Å². The molecule has 0 radical (unpaired) electrons. The van der Waals surface area contributed by atoms with Crippen LogP contribution in [0.2, 0.25) is 0 Å². The molecule has 1 aliphatic carbocycles. The third kappa shape index (κ3) is 2.96. The van der Waals surface area contributed by atoms with Crippen molar-refractivity contribution in [3.8, 4) is 0 Å². The van der Waals surface area contributed by atoms with Crippen LogP contribution in [-0.2, 0) is 11.2 Å². The zero-order valence-electron chi connectivity index (χ0n) is 13.9. The van der Waals surface area contributed by atoms with Gasteiger partial charge in [-0.15, -0.1) is 0 Å². The van der Waals surface area contributed by atoms with Crippen LogP contribution in [0.1, 0.15) is 18.1 Å². The molecule has 3 atom stereocenters. The Balaban J connectivity index is 0.000000383. The zero-order chi connectivity index (χ0) is 17.4. The molecule has 0 saturated carbocycles. The van der Waals surface area contributed by atoms with Gasteiger partial charge in [0, 0.05) is 29.7 Å². The number of aliphatic hydroxyl groups excluding tert-OH is 1. The molecule has 0 fully saturated rings. The van der Waals surface area contributed by atoms with E-state index in [2.05, 4.69) is 33.9 Å². The Morgan fingerprint density at radius 3 is 2.83 bits per heavy atom. The van der Waals surface area contributed by atoms with Gasteiger partial charge < -0.3 is 20.9 Å². The van der Waals surface area contributed by atoms with E-state index in [0.717, 1.165) is 11.9 Å². The number of carboxylic acids is 1. The first-order valence-electron chi connectivity index (χ1n) is 8.06. The molecule has 1 unspecified atom stereocenters. The number of benzene rings is 1. The summed E-state index contributed by atoms with van der Waals surface area (Å²) in [4.78, 5) is 16.8. The average Bonchev–Trinajstić information content (AvgIpc) is 2.92. The number of H-pyrrole nitrogens is 1. The normalized spacial score (nSPS) is 23.8. The number of nitrogens with zero attached hydrogens (tertiary/aromatic N) is 1. The number of aliphatic hydroxyl groups is 1. The summed E-state index contributed by atoms with van der Waals surface area (Å²) < 4.78 is 0. The first-order chi connectivity index (χ1) is 11.4. The van der Waals surface area contributed by atoms with Gasteiger partial charge in [0.2, 0.25) is 0 Å². The average molecular weight is 329 g/mol. The number of aromatic nitrogens is 1. The molecule has 5 N–H and O–H groups in total. The predicted octanol–water partition coefficient (Wildman–Crippen LogP) is 1.41. The number of hydrogen-bond donors (Lipinski definition) is 4. The molecule has 6 nitrogen and oxygen atoms in total. The Labute approximate surface area is 140 Å². The van der Waals surface area contributed by atoms with Gasteiger partial charge in [0.05, 0.1) is 12.1 Å². The van der Waals surface area contributed by atoms with Crippen molar-refractivity contribution in [1.82, 2.24) is 9.88 Å². The third-order valence-corrected chi connectivity index (χ3v) is 4.59. The number of hydrogen-bond acceptors (Lipinski definition) is 4. The lowest BCUT2D eigenvalue weighted by Gasteiger charge is -2.38. The summed E-state index contributed by atoms with van der Waals surface area (Å²) in [5, 5.41) is 18.4. The SMILES string of the molecule is CC(N)O.CN1C[C@@H](C(=O)O)C=C2c3cccc4[nH]cc(c34)C[C@H]21. The van der Waals surface area contributed by atoms with E-state index in [-0.39, 0.29) is 0 Å². The second-order valence-electron chi connectivity index (χ2n) is 6.51. The highest BCUT2D eigenvalue weighted by Crippen LogP contribution is 2.40. The summed E-state index contributed by atoms with van der Waals surface area (Å²) in [5.74, 6) is -1.16. The molecule has 1 aromatic carbocycles. The first kappa shape index (κ1) is 16.7. The molecule has 0 saturated heterocycles. The maximum Gasteiger partial charge on any atom is 0.311 e. The molecule has 24 heavy (non-hydrogen) atoms. The van der Waals surface area contributed by atoms with Gasteiger partial charge >= 0.3 is 5.97 Å². The van der Waals surface area contributed by atoms with E-state index in [9.17, 15) is 9.90 Å². The number of aliphatic carboxylic acids is 1. The van der Waals surface area contributed by atoms with E-state index in [1.807, 2.05) is 19.2 Å². The number of aromatic amines is 1. The monoisotopic (exact) mass is 329 g/mol. The van der Waals surface area contributed by atoms with Crippen LogP contribution in [0.4, 0.5) is 0 Å². The second-order valence-corrected chi connectivity index (χ2v) is 6.51. The maximum atomic E-state index is 11.3. The Bertz CT molecular complexity index is 791.